The number of benzene rings is 2. The van der Waals surface area contributed by atoms with Crippen molar-refractivity contribution in [3.05, 3.63) is 76.8 Å². The van der Waals surface area contributed by atoms with Gasteiger partial charge in [-0.3, -0.25) is 0 Å². The molecule has 174 valence electrons. The van der Waals surface area contributed by atoms with Gasteiger partial charge in [0, 0.05) is 5.02 Å². The van der Waals surface area contributed by atoms with Gasteiger partial charge in [0.15, 0.2) is 0 Å². The Labute approximate surface area is 192 Å². The molecule has 1 saturated heterocycles. The zero-order chi connectivity index (χ0) is 23.3. The zero-order valence-electron chi connectivity index (χ0n) is 17.9. The fourth-order valence-corrected chi connectivity index (χ4v) is 3.95. The van der Waals surface area contributed by atoms with Crippen LogP contribution < -0.4 is 4.74 Å². The third-order valence-corrected chi connectivity index (χ3v) is 5.80. The van der Waals surface area contributed by atoms with Gasteiger partial charge < -0.3 is 34.6 Å². The van der Waals surface area contributed by atoms with Crippen molar-refractivity contribution in [2.45, 2.75) is 43.5 Å². The summed E-state index contributed by atoms with van der Waals surface area (Å²) in [6, 6.07) is 12.7. The Morgan fingerprint density at radius 3 is 2.53 bits per heavy atom. The van der Waals surface area contributed by atoms with Gasteiger partial charge in [0.05, 0.1) is 19.8 Å². The topological polar surface area (TPSA) is 109 Å². The van der Waals surface area contributed by atoms with E-state index in [-0.39, 0.29) is 6.61 Å². The van der Waals surface area contributed by atoms with E-state index in [4.69, 9.17) is 25.8 Å². The van der Waals surface area contributed by atoms with Crippen LogP contribution in [0.5, 0.6) is 5.75 Å². The number of rotatable bonds is 9. The maximum absolute atomic E-state index is 11.2. The quantitative estimate of drug-likeness (QED) is 0.333. The summed E-state index contributed by atoms with van der Waals surface area (Å²) in [6.07, 6.45) is -3.63. The highest BCUT2D eigenvalue weighted by atomic mass is 35.5. The molecule has 1 aliphatic rings. The average Bonchev–Trinajstić information content (AvgIpc) is 2.79. The molecule has 0 aliphatic carbocycles. The predicted molar refractivity (Wildman–Crippen MR) is 120 cm³/mol. The van der Waals surface area contributed by atoms with Crippen molar-refractivity contribution < 1.29 is 34.6 Å². The summed E-state index contributed by atoms with van der Waals surface area (Å²) >= 11 is 6.43. The number of ether oxygens (including phenoxy) is 3. The van der Waals surface area contributed by atoms with Crippen molar-refractivity contribution in [2.75, 3.05) is 19.8 Å². The lowest BCUT2D eigenvalue weighted by Gasteiger charge is -2.47. The van der Waals surface area contributed by atoms with Crippen LogP contribution in [0.2, 0.25) is 5.02 Å². The van der Waals surface area contributed by atoms with E-state index in [0.717, 1.165) is 16.9 Å². The Morgan fingerprint density at radius 1 is 1.19 bits per heavy atom. The van der Waals surface area contributed by atoms with Gasteiger partial charge in [-0.2, -0.15) is 0 Å². The molecule has 32 heavy (non-hydrogen) atoms. The van der Waals surface area contributed by atoms with Gasteiger partial charge in [-0.15, -0.1) is 6.58 Å². The minimum Gasteiger partial charge on any atom is -0.494 e. The van der Waals surface area contributed by atoms with E-state index >= 15 is 0 Å². The smallest absolute Gasteiger partial charge is 0.226 e. The molecular weight excluding hydrogens is 436 g/mol. The molecule has 3 rings (SSSR count). The zero-order valence-corrected chi connectivity index (χ0v) is 18.6. The summed E-state index contributed by atoms with van der Waals surface area (Å²) in [5, 5.41) is 42.1. The van der Waals surface area contributed by atoms with Gasteiger partial charge in [0.2, 0.25) is 5.79 Å². The van der Waals surface area contributed by atoms with Gasteiger partial charge in [0.25, 0.3) is 0 Å². The van der Waals surface area contributed by atoms with Crippen LogP contribution in [-0.4, -0.2) is 64.3 Å². The minimum atomic E-state index is -2.26. The number of hydrogen-bond acceptors (Lipinski definition) is 7. The first-order chi connectivity index (χ1) is 15.3. The van der Waals surface area contributed by atoms with Gasteiger partial charge in [-0.05, 0) is 48.2 Å². The first kappa shape index (κ1) is 24.7. The molecule has 5 atom stereocenters. The molecule has 1 fully saturated rings. The first-order valence-electron chi connectivity index (χ1n) is 10.4. The molecule has 0 aromatic heterocycles. The van der Waals surface area contributed by atoms with E-state index in [9.17, 15) is 20.4 Å². The molecule has 2 aromatic carbocycles. The molecule has 5 unspecified atom stereocenters. The van der Waals surface area contributed by atoms with Crippen LogP contribution >= 0.6 is 11.6 Å². The highest BCUT2D eigenvalue weighted by Crippen LogP contribution is 2.42. The van der Waals surface area contributed by atoms with E-state index < -0.39 is 36.8 Å². The fraction of sp³-hybridized carbons (Fsp3) is 0.417. The summed E-state index contributed by atoms with van der Waals surface area (Å²) in [5.41, 5.74) is 2.24. The molecule has 2 aromatic rings. The molecule has 0 saturated carbocycles. The molecule has 7 nitrogen and oxygen atoms in total. The molecule has 0 spiro atoms. The molecule has 0 bridgehead atoms. The second kappa shape index (κ2) is 10.8. The Kier molecular flexibility index (Phi) is 8.30. The minimum absolute atomic E-state index is 0.0867. The molecule has 0 amide bonds. The largest absolute Gasteiger partial charge is 0.494 e. The maximum Gasteiger partial charge on any atom is 0.226 e. The van der Waals surface area contributed by atoms with E-state index in [1.165, 1.54) is 6.08 Å². The predicted octanol–water partition coefficient (Wildman–Crippen LogP) is 2.37. The third kappa shape index (κ3) is 5.15. The van der Waals surface area contributed by atoms with Gasteiger partial charge >= 0.3 is 0 Å². The Balaban J connectivity index is 1.93. The second-order valence-corrected chi connectivity index (χ2v) is 8.04. The van der Waals surface area contributed by atoms with E-state index in [2.05, 4.69) is 6.58 Å². The lowest BCUT2D eigenvalue weighted by Crippen LogP contribution is -2.64. The van der Waals surface area contributed by atoms with Crippen molar-refractivity contribution in [1.82, 2.24) is 0 Å². The van der Waals surface area contributed by atoms with Crippen LogP contribution in [0.15, 0.2) is 55.1 Å². The fourth-order valence-electron chi connectivity index (χ4n) is 3.76. The van der Waals surface area contributed by atoms with E-state index in [1.807, 2.05) is 31.2 Å². The number of aliphatic hydroxyl groups is 4. The van der Waals surface area contributed by atoms with Crippen LogP contribution in [0, 0.1) is 0 Å². The lowest BCUT2D eigenvalue weighted by molar-refractivity contribution is -0.367. The summed E-state index contributed by atoms with van der Waals surface area (Å²) in [7, 11) is 0. The number of hydrogen-bond donors (Lipinski definition) is 4. The Morgan fingerprint density at radius 2 is 1.91 bits per heavy atom. The number of halogens is 1. The third-order valence-electron chi connectivity index (χ3n) is 5.43. The van der Waals surface area contributed by atoms with Crippen molar-refractivity contribution in [3.63, 3.8) is 0 Å². The number of aliphatic hydroxyl groups excluding tert-OH is 3. The highest BCUT2D eigenvalue weighted by Gasteiger charge is 2.56. The van der Waals surface area contributed by atoms with Crippen molar-refractivity contribution in [1.29, 1.82) is 0 Å². The Hall–Kier alpha value is -1.97. The van der Waals surface area contributed by atoms with Crippen molar-refractivity contribution >= 4 is 11.6 Å². The Bertz CT molecular complexity index is 904. The molecule has 0 radical (unpaired) electrons. The van der Waals surface area contributed by atoms with Gasteiger partial charge in [-0.1, -0.05) is 41.9 Å². The molecule has 1 heterocycles. The van der Waals surface area contributed by atoms with Crippen LogP contribution in [0.1, 0.15) is 29.7 Å². The van der Waals surface area contributed by atoms with Gasteiger partial charge in [-0.25, -0.2) is 0 Å². The van der Waals surface area contributed by atoms with Crippen LogP contribution in [0.3, 0.4) is 0 Å². The highest BCUT2D eigenvalue weighted by molar-refractivity contribution is 6.31. The van der Waals surface area contributed by atoms with Crippen molar-refractivity contribution in [2.24, 2.45) is 0 Å². The summed E-state index contributed by atoms with van der Waals surface area (Å²) in [5.74, 6) is -1.48. The lowest BCUT2D eigenvalue weighted by atomic mass is 9.87. The maximum atomic E-state index is 11.2. The van der Waals surface area contributed by atoms with Gasteiger partial charge in [0.1, 0.15) is 30.2 Å². The van der Waals surface area contributed by atoms with Crippen molar-refractivity contribution in [3.8, 4) is 5.75 Å². The summed E-state index contributed by atoms with van der Waals surface area (Å²) in [6.45, 7) is 5.43. The standard InChI is InChI=1S/C24H29ClO7/c1-3-11-31-24(29)22(28)21(27)20(14-26)32-23(24)16-7-10-19(25)17(13-16)12-15-5-8-18(9-6-15)30-4-2/h3,5-10,13,20-23,26-29H,1,4,11-12,14H2,2H3. The summed E-state index contributed by atoms with van der Waals surface area (Å²) in [4.78, 5) is 0. The molecular formula is C24H29ClO7. The normalized spacial score (nSPS) is 27.8. The average molecular weight is 465 g/mol. The monoisotopic (exact) mass is 464 g/mol. The van der Waals surface area contributed by atoms with Crippen LogP contribution in [0.4, 0.5) is 0 Å². The van der Waals surface area contributed by atoms with Crippen LogP contribution in [-0.2, 0) is 15.9 Å². The first-order valence-corrected chi connectivity index (χ1v) is 10.8. The van der Waals surface area contributed by atoms with E-state index in [1.54, 1.807) is 18.2 Å². The molecule has 8 heteroatoms. The second-order valence-electron chi connectivity index (χ2n) is 7.63. The molecule has 4 N–H and O–H groups in total. The molecule has 1 aliphatic heterocycles. The van der Waals surface area contributed by atoms with E-state index in [0.29, 0.717) is 23.6 Å². The van der Waals surface area contributed by atoms with Crippen LogP contribution in [0.25, 0.3) is 0 Å². The SMILES string of the molecule is C=CCOC1(O)C(c2ccc(Cl)c(Cc3ccc(OCC)cc3)c2)OC(CO)C(O)C1O. The summed E-state index contributed by atoms with van der Waals surface area (Å²) < 4.78 is 16.7.